The smallest absolute Gasteiger partial charge is 0.253 e. The van der Waals surface area contributed by atoms with E-state index in [9.17, 15) is 14.4 Å². The molecule has 32 heavy (non-hydrogen) atoms. The van der Waals surface area contributed by atoms with Gasteiger partial charge >= 0.3 is 0 Å². The second-order valence-electron chi connectivity index (χ2n) is 7.97. The molecule has 2 aromatic rings. The Morgan fingerprint density at radius 2 is 1.56 bits per heavy atom. The Labute approximate surface area is 190 Å². The van der Waals surface area contributed by atoms with Crippen LogP contribution in [0.2, 0.25) is 0 Å². The number of rotatable bonds is 8. The maximum absolute atomic E-state index is 12.6. The zero-order valence-electron chi connectivity index (χ0n) is 19.1. The van der Waals surface area contributed by atoms with Crippen LogP contribution in [-0.2, 0) is 4.79 Å². The number of hydrogen-bond donors (Lipinski definition) is 1. The van der Waals surface area contributed by atoms with Crippen molar-refractivity contribution in [1.29, 1.82) is 0 Å². The molecule has 2 aromatic carbocycles. The van der Waals surface area contributed by atoms with Gasteiger partial charge in [0.25, 0.3) is 5.91 Å². The van der Waals surface area contributed by atoms with Crippen LogP contribution in [0.15, 0.2) is 48.5 Å². The third kappa shape index (κ3) is 5.95. The average molecular weight is 437 g/mol. The van der Waals surface area contributed by atoms with Gasteiger partial charge in [0.05, 0.1) is 6.54 Å². The molecule has 7 nitrogen and oxygen atoms in total. The Balaban J connectivity index is 1.51. The van der Waals surface area contributed by atoms with E-state index < -0.39 is 0 Å². The summed E-state index contributed by atoms with van der Waals surface area (Å²) in [5.41, 5.74) is 3.02. The molecule has 0 aliphatic carbocycles. The lowest BCUT2D eigenvalue weighted by Gasteiger charge is -2.35. The Morgan fingerprint density at radius 1 is 0.906 bits per heavy atom. The summed E-state index contributed by atoms with van der Waals surface area (Å²) in [6, 6.07) is 14.8. The predicted octanol–water partition coefficient (Wildman–Crippen LogP) is 3.13. The van der Waals surface area contributed by atoms with Crippen LogP contribution in [-0.4, -0.2) is 73.2 Å². The van der Waals surface area contributed by atoms with Crippen molar-refractivity contribution in [3.8, 4) is 0 Å². The maximum Gasteiger partial charge on any atom is 0.253 e. The third-order valence-electron chi connectivity index (χ3n) is 5.82. The average Bonchev–Trinajstić information content (AvgIpc) is 2.80. The highest BCUT2D eigenvalue weighted by Gasteiger charge is 2.20. The monoisotopic (exact) mass is 436 g/mol. The first-order chi connectivity index (χ1) is 15.4. The van der Waals surface area contributed by atoms with Gasteiger partial charge in [-0.15, -0.1) is 0 Å². The van der Waals surface area contributed by atoms with Crippen molar-refractivity contribution < 1.29 is 14.4 Å². The number of Topliss-reactive ketones (excluding diaryl/α,β-unsaturated/α-hetero) is 1. The summed E-state index contributed by atoms with van der Waals surface area (Å²) in [6.07, 6.45) is 0. The summed E-state index contributed by atoms with van der Waals surface area (Å²) in [7, 11) is 0. The Hall–Kier alpha value is -3.19. The molecule has 1 saturated heterocycles. The number of hydrogen-bond acceptors (Lipinski definition) is 5. The number of carbonyl (C=O) groups excluding carboxylic acids is 3. The van der Waals surface area contributed by atoms with Gasteiger partial charge in [0, 0.05) is 61.8 Å². The lowest BCUT2D eigenvalue weighted by atomic mass is 10.1. The molecule has 0 unspecified atom stereocenters. The largest absolute Gasteiger partial charge is 0.369 e. The highest BCUT2D eigenvalue weighted by atomic mass is 16.2. The molecule has 0 radical (unpaired) electrons. The lowest BCUT2D eigenvalue weighted by molar-refractivity contribution is -0.117. The van der Waals surface area contributed by atoms with Gasteiger partial charge in [-0.1, -0.05) is 6.07 Å². The summed E-state index contributed by atoms with van der Waals surface area (Å²) in [5, 5.41) is 2.92. The summed E-state index contributed by atoms with van der Waals surface area (Å²) in [6.45, 7) is 10.3. The molecule has 1 fully saturated rings. The maximum atomic E-state index is 12.6. The number of anilines is 2. The predicted molar refractivity (Wildman–Crippen MR) is 127 cm³/mol. The standard InChI is InChI=1S/C25H32N4O3/c1-4-28(5-2)25(32)21-7-6-8-22(17-21)26-24(31)18-27-13-15-29(16-14-27)23-11-9-20(10-12-23)19(3)30/h6-12,17H,4-5,13-16,18H2,1-3H3,(H,26,31). The fraction of sp³-hybridized carbons (Fsp3) is 0.400. The number of carbonyl (C=O) groups is 3. The fourth-order valence-corrected chi connectivity index (χ4v) is 3.90. The van der Waals surface area contributed by atoms with E-state index in [1.54, 1.807) is 36.1 Å². The van der Waals surface area contributed by atoms with Crippen LogP contribution in [0.25, 0.3) is 0 Å². The van der Waals surface area contributed by atoms with Gasteiger partial charge in [0.15, 0.2) is 5.78 Å². The van der Waals surface area contributed by atoms with Crippen LogP contribution in [0.3, 0.4) is 0 Å². The van der Waals surface area contributed by atoms with E-state index in [1.807, 2.05) is 38.1 Å². The summed E-state index contributed by atoms with van der Waals surface area (Å²) < 4.78 is 0. The number of nitrogens with one attached hydrogen (secondary N) is 1. The minimum Gasteiger partial charge on any atom is -0.369 e. The number of ketones is 1. The van der Waals surface area contributed by atoms with Crippen molar-refractivity contribution in [3.05, 3.63) is 59.7 Å². The van der Waals surface area contributed by atoms with Gasteiger partial charge in [0.1, 0.15) is 0 Å². The summed E-state index contributed by atoms with van der Waals surface area (Å²) in [5.74, 6) is -0.0504. The summed E-state index contributed by atoms with van der Waals surface area (Å²) >= 11 is 0. The number of benzene rings is 2. The molecule has 0 spiro atoms. The Bertz CT molecular complexity index is 946. The molecule has 2 amide bonds. The van der Waals surface area contributed by atoms with Crippen LogP contribution in [0, 0.1) is 0 Å². The van der Waals surface area contributed by atoms with E-state index in [0.29, 0.717) is 36.4 Å². The van der Waals surface area contributed by atoms with Crippen LogP contribution in [0.5, 0.6) is 0 Å². The van der Waals surface area contributed by atoms with E-state index in [-0.39, 0.29) is 17.6 Å². The van der Waals surface area contributed by atoms with Crippen molar-refractivity contribution >= 4 is 29.0 Å². The summed E-state index contributed by atoms with van der Waals surface area (Å²) in [4.78, 5) is 42.7. The third-order valence-corrected chi connectivity index (χ3v) is 5.82. The zero-order valence-corrected chi connectivity index (χ0v) is 19.1. The molecule has 0 saturated carbocycles. The van der Waals surface area contributed by atoms with E-state index in [1.165, 1.54) is 0 Å². The van der Waals surface area contributed by atoms with Crippen LogP contribution in [0.1, 0.15) is 41.5 Å². The first-order valence-electron chi connectivity index (χ1n) is 11.2. The molecule has 0 bridgehead atoms. The lowest BCUT2D eigenvalue weighted by Crippen LogP contribution is -2.48. The molecule has 1 aliphatic heterocycles. The molecular weight excluding hydrogens is 404 g/mol. The number of amides is 2. The van der Waals surface area contributed by atoms with Gasteiger partial charge in [-0.2, -0.15) is 0 Å². The second-order valence-corrected chi connectivity index (χ2v) is 7.97. The molecule has 170 valence electrons. The topological polar surface area (TPSA) is 73.0 Å². The molecule has 3 rings (SSSR count). The second kappa shape index (κ2) is 10.9. The number of nitrogens with zero attached hydrogens (tertiary/aromatic N) is 3. The van der Waals surface area contributed by atoms with Gasteiger partial charge in [-0.05, 0) is 63.2 Å². The van der Waals surface area contributed by atoms with Crippen LogP contribution in [0.4, 0.5) is 11.4 Å². The van der Waals surface area contributed by atoms with Gasteiger partial charge < -0.3 is 15.1 Å². The van der Waals surface area contributed by atoms with Crippen molar-refractivity contribution in [2.75, 3.05) is 56.0 Å². The first-order valence-corrected chi connectivity index (χ1v) is 11.2. The van der Waals surface area contributed by atoms with Crippen molar-refractivity contribution in [3.63, 3.8) is 0 Å². The van der Waals surface area contributed by atoms with E-state index in [0.717, 1.165) is 31.9 Å². The van der Waals surface area contributed by atoms with E-state index >= 15 is 0 Å². The first kappa shape index (κ1) is 23.5. The highest BCUT2D eigenvalue weighted by Crippen LogP contribution is 2.18. The quantitative estimate of drug-likeness (QED) is 0.644. The molecule has 0 aromatic heterocycles. The zero-order chi connectivity index (χ0) is 23.1. The minimum absolute atomic E-state index is 0.0291. The Morgan fingerprint density at radius 3 is 2.16 bits per heavy atom. The van der Waals surface area contributed by atoms with Gasteiger partial charge in [0.2, 0.25) is 5.91 Å². The molecule has 1 heterocycles. The van der Waals surface area contributed by atoms with Crippen molar-refractivity contribution in [2.45, 2.75) is 20.8 Å². The van der Waals surface area contributed by atoms with Gasteiger partial charge in [-0.3, -0.25) is 19.3 Å². The van der Waals surface area contributed by atoms with E-state index in [2.05, 4.69) is 15.1 Å². The molecule has 7 heteroatoms. The van der Waals surface area contributed by atoms with Crippen LogP contribution >= 0.6 is 0 Å². The highest BCUT2D eigenvalue weighted by molar-refractivity contribution is 5.97. The van der Waals surface area contributed by atoms with E-state index in [4.69, 9.17) is 0 Å². The molecule has 1 N–H and O–H groups in total. The molecular formula is C25H32N4O3. The van der Waals surface area contributed by atoms with Crippen molar-refractivity contribution in [1.82, 2.24) is 9.80 Å². The van der Waals surface area contributed by atoms with Crippen molar-refractivity contribution in [2.24, 2.45) is 0 Å². The Kier molecular flexibility index (Phi) is 8.00. The SMILES string of the molecule is CCN(CC)C(=O)c1cccc(NC(=O)CN2CCN(c3ccc(C(C)=O)cc3)CC2)c1. The fourth-order valence-electron chi connectivity index (χ4n) is 3.90. The normalized spacial score (nSPS) is 14.2. The minimum atomic E-state index is -0.0864. The molecule has 1 aliphatic rings. The molecule has 0 atom stereocenters. The van der Waals surface area contributed by atoms with Crippen LogP contribution < -0.4 is 10.2 Å². The number of piperazine rings is 1. The van der Waals surface area contributed by atoms with Gasteiger partial charge in [-0.25, -0.2) is 0 Å².